The number of hydrogen-bond acceptors (Lipinski definition) is 4. The lowest BCUT2D eigenvalue weighted by Gasteiger charge is -2.35. The minimum atomic E-state index is -0.00917. The largest absolute Gasteiger partial charge is 0.367 e. The molecule has 1 fully saturated rings. The number of thiophene rings is 1. The maximum Gasteiger partial charge on any atom is 0.229 e. The SMILES string of the molecule is CN1CCN(c2ccc(Cl)cc2NC(=O)Cc2cccs2)CC1. The van der Waals surface area contributed by atoms with Crippen LogP contribution in [0.5, 0.6) is 0 Å². The highest BCUT2D eigenvalue weighted by molar-refractivity contribution is 7.10. The van der Waals surface area contributed by atoms with E-state index in [0.717, 1.165) is 42.4 Å². The number of likely N-dealkylation sites (N-methyl/N-ethyl adjacent to an activating group) is 1. The van der Waals surface area contributed by atoms with E-state index < -0.39 is 0 Å². The molecule has 1 N–H and O–H groups in total. The highest BCUT2D eigenvalue weighted by Gasteiger charge is 2.18. The third-order valence-corrected chi connectivity index (χ3v) is 5.10. The van der Waals surface area contributed by atoms with Gasteiger partial charge >= 0.3 is 0 Å². The van der Waals surface area contributed by atoms with Crippen LogP contribution < -0.4 is 10.2 Å². The van der Waals surface area contributed by atoms with Crippen molar-refractivity contribution in [2.45, 2.75) is 6.42 Å². The van der Waals surface area contributed by atoms with Gasteiger partial charge in [0.15, 0.2) is 0 Å². The molecule has 1 aromatic heterocycles. The molecular weight excluding hydrogens is 330 g/mol. The number of halogens is 1. The second kappa shape index (κ2) is 7.34. The van der Waals surface area contributed by atoms with Crippen molar-refractivity contribution in [3.05, 3.63) is 45.6 Å². The summed E-state index contributed by atoms with van der Waals surface area (Å²) in [6.07, 6.45) is 0.395. The number of anilines is 2. The molecule has 0 unspecified atom stereocenters. The number of rotatable bonds is 4. The zero-order chi connectivity index (χ0) is 16.2. The summed E-state index contributed by atoms with van der Waals surface area (Å²) in [5.74, 6) is -0.00917. The fraction of sp³-hybridized carbons (Fsp3) is 0.353. The van der Waals surface area contributed by atoms with Crippen molar-refractivity contribution in [2.24, 2.45) is 0 Å². The molecule has 1 saturated heterocycles. The first-order valence-electron chi connectivity index (χ1n) is 7.67. The molecule has 1 amide bonds. The number of carbonyl (C=O) groups is 1. The summed E-state index contributed by atoms with van der Waals surface area (Å²) in [4.78, 5) is 18.0. The molecule has 1 aliphatic rings. The molecule has 2 aromatic rings. The van der Waals surface area contributed by atoms with E-state index in [0.29, 0.717) is 11.4 Å². The molecule has 122 valence electrons. The van der Waals surface area contributed by atoms with E-state index in [-0.39, 0.29) is 5.91 Å². The van der Waals surface area contributed by atoms with Gasteiger partial charge in [0, 0.05) is 36.1 Å². The Labute approximate surface area is 145 Å². The van der Waals surface area contributed by atoms with Crippen molar-refractivity contribution in [1.82, 2.24) is 4.90 Å². The molecule has 4 nitrogen and oxygen atoms in total. The average molecular weight is 350 g/mol. The van der Waals surface area contributed by atoms with Gasteiger partial charge in [-0.05, 0) is 36.7 Å². The molecule has 0 bridgehead atoms. The van der Waals surface area contributed by atoms with E-state index in [2.05, 4.69) is 22.2 Å². The molecule has 23 heavy (non-hydrogen) atoms. The van der Waals surface area contributed by atoms with Crippen LogP contribution in [-0.4, -0.2) is 44.0 Å². The number of nitrogens with zero attached hydrogens (tertiary/aromatic N) is 2. The Morgan fingerprint density at radius 2 is 2.04 bits per heavy atom. The summed E-state index contributed by atoms with van der Waals surface area (Å²) >= 11 is 7.72. The monoisotopic (exact) mass is 349 g/mol. The molecule has 0 radical (unpaired) electrons. The third kappa shape index (κ3) is 4.25. The number of carbonyl (C=O) groups excluding carboxylic acids is 1. The van der Waals surface area contributed by atoms with Crippen LogP contribution in [0.4, 0.5) is 11.4 Å². The lowest BCUT2D eigenvalue weighted by atomic mass is 10.2. The van der Waals surface area contributed by atoms with Crippen molar-refractivity contribution in [3.63, 3.8) is 0 Å². The van der Waals surface area contributed by atoms with Crippen LogP contribution >= 0.6 is 22.9 Å². The molecule has 0 aliphatic carbocycles. The maximum atomic E-state index is 12.3. The topological polar surface area (TPSA) is 35.6 Å². The Bertz CT molecular complexity index is 666. The smallest absolute Gasteiger partial charge is 0.229 e. The van der Waals surface area contributed by atoms with Crippen molar-refractivity contribution in [2.75, 3.05) is 43.4 Å². The fourth-order valence-corrected chi connectivity index (χ4v) is 3.57. The first-order chi connectivity index (χ1) is 11.1. The fourth-order valence-electron chi connectivity index (χ4n) is 2.70. The van der Waals surface area contributed by atoms with E-state index in [1.807, 2.05) is 35.7 Å². The second-order valence-corrected chi connectivity index (χ2v) is 7.22. The number of amides is 1. The summed E-state index contributed by atoms with van der Waals surface area (Å²) in [6.45, 7) is 3.94. The quantitative estimate of drug-likeness (QED) is 0.919. The summed E-state index contributed by atoms with van der Waals surface area (Å²) in [6, 6.07) is 9.64. The summed E-state index contributed by atoms with van der Waals surface area (Å²) in [7, 11) is 2.13. The predicted octanol–water partition coefficient (Wildman–Crippen LogP) is 3.33. The van der Waals surface area contributed by atoms with Crippen LogP contribution in [-0.2, 0) is 11.2 Å². The third-order valence-electron chi connectivity index (χ3n) is 3.99. The van der Waals surface area contributed by atoms with Gasteiger partial charge in [-0.2, -0.15) is 0 Å². The second-order valence-electron chi connectivity index (χ2n) is 5.76. The molecule has 0 saturated carbocycles. The Balaban J connectivity index is 1.75. The minimum absolute atomic E-state index is 0.00917. The predicted molar refractivity (Wildman–Crippen MR) is 97.8 cm³/mol. The van der Waals surface area contributed by atoms with Gasteiger partial charge in [-0.15, -0.1) is 11.3 Å². The standard InChI is InChI=1S/C17H20ClN3OS/c1-20-6-8-21(9-7-20)16-5-4-13(18)11-15(16)19-17(22)12-14-3-2-10-23-14/h2-5,10-11H,6-9,12H2,1H3,(H,19,22). The molecule has 0 atom stereocenters. The first kappa shape index (κ1) is 16.3. The van der Waals surface area contributed by atoms with Gasteiger partial charge in [-0.3, -0.25) is 4.79 Å². The zero-order valence-electron chi connectivity index (χ0n) is 13.1. The number of benzene rings is 1. The van der Waals surface area contributed by atoms with Gasteiger partial charge in [0.1, 0.15) is 0 Å². The highest BCUT2D eigenvalue weighted by atomic mass is 35.5. The zero-order valence-corrected chi connectivity index (χ0v) is 14.7. The van der Waals surface area contributed by atoms with Crippen molar-refractivity contribution < 1.29 is 4.79 Å². The van der Waals surface area contributed by atoms with Gasteiger partial charge in [0.05, 0.1) is 17.8 Å². The van der Waals surface area contributed by atoms with Crippen LogP contribution in [0.1, 0.15) is 4.88 Å². The average Bonchev–Trinajstić information content (AvgIpc) is 3.01. The molecular formula is C17H20ClN3OS. The lowest BCUT2D eigenvalue weighted by molar-refractivity contribution is -0.115. The van der Waals surface area contributed by atoms with Gasteiger partial charge < -0.3 is 15.1 Å². The Morgan fingerprint density at radius 1 is 1.26 bits per heavy atom. The lowest BCUT2D eigenvalue weighted by Crippen LogP contribution is -2.44. The molecule has 1 aliphatic heterocycles. The molecule has 0 spiro atoms. The molecule has 6 heteroatoms. The molecule has 2 heterocycles. The van der Waals surface area contributed by atoms with Crippen LogP contribution in [0.2, 0.25) is 5.02 Å². The Morgan fingerprint density at radius 3 is 2.74 bits per heavy atom. The van der Waals surface area contributed by atoms with E-state index in [1.54, 1.807) is 11.3 Å². The Kier molecular flexibility index (Phi) is 5.20. The molecule has 1 aromatic carbocycles. The van der Waals surface area contributed by atoms with Gasteiger partial charge in [-0.1, -0.05) is 17.7 Å². The van der Waals surface area contributed by atoms with Crippen LogP contribution in [0, 0.1) is 0 Å². The summed E-state index contributed by atoms with van der Waals surface area (Å²) < 4.78 is 0. The van der Waals surface area contributed by atoms with Crippen LogP contribution in [0.25, 0.3) is 0 Å². The normalized spacial score (nSPS) is 15.7. The van der Waals surface area contributed by atoms with E-state index in [4.69, 9.17) is 11.6 Å². The van der Waals surface area contributed by atoms with Gasteiger partial charge in [-0.25, -0.2) is 0 Å². The highest BCUT2D eigenvalue weighted by Crippen LogP contribution is 2.30. The van der Waals surface area contributed by atoms with Crippen molar-refractivity contribution >= 4 is 40.2 Å². The number of piperazine rings is 1. The Hall–Kier alpha value is -1.56. The van der Waals surface area contributed by atoms with E-state index in [1.165, 1.54) is 0 Å². The van der Waals surface area contributed by atoms with Gasteiger partial charge in [0.25, 0.3) is 0 Å². The summed E-state index contributed by atoms with van der Waals surface area (Å²) in [5.41, 5.74) is 1.84. The van der Waals surface area contributed by atoms with Crippen molar-refractivity contribution in [3.8, 4) is 0 Å². The first-order valence-corrected chi connectivity index (χ1v) is 8.93. The number of hydrogen-bond donors (Lipinski definition) is 1. The number of nitrogens with one attached hydrogen (secondary N) is 1. The maximum absolute atomic E-state index is 12.3. The summed E-state index contributed by atoms with van der Waals surface area (Å²) in [5, 5.41) is 5.64. The van der Waals surface area contributed by atoms with Gasteiger partial charge in [0.2, 0.25) is 5.91 Å². The van der Waals surface area contributed by atoms with E-state index >= 15 is 0 Å². The van der Waals surface area contributed by atoms with E-state index in [9.17, 15) is 4.79 Å². The van der Waals surface area contributed by atoms with Crippen LogP contribution in [0.15, 0.2) is 35.7 Å². The van der Waals surface area contributed by atoms with Crippen molar-refractivity contribution in [1.29, 1.82) is 0 Å². The minimum Gasteiger partial charge on any atom is -0.367 e. The van der Waals surface area contributed by atoms with Crippen LogP contribution in [0.3, 0.4) is 0 Å². The molecule has 3 rings (SSSR count).